The number of nitrogens with one attached hydrogen (secondary N) is 2. The standard InChI is InChI=1S/C19H31N7O3/c1-2-3-4-5-6-7-8-21-19(28)22-10-14-13(27)9-15(29-14)26-12-25-16-17(20)23-11-24-18(16)26/h11-15,27H,2-10H2,1H3,(H2,20,23,24)(H2,21,22,28)/t13?,14-,15-/m1/s1. The molecule has 10 heteroatoms. The van der Waals surface area contributed by atoms with Crippen molar-refractivity contribution >= 4 is 23.0 Å². The highest BCUT2D eigenvalue weighted by Gasteiger charge is 2.36. The van der Waals surface area contributed by atoms with Crippen molar-refractivity contribution in [2.75, 3.05) is 18.8 Å². The fourth-order valence-corrected chi connectivity index (χ4v) is 3.51. The molecule has 0 spiro atoms. The molecule has 1 saturated heterocycles. The van der Waals surface area contributed by atoms with Crippen LogP contribution in [0.3, 0.4) is 0 Å². The molecule has 0 saturated carbocycles. The first-order valence-electron chi connectivity index (χ1n) is 10.4. The molecule has 29 heavy (non-hydrogen) atoms. The van der Waals surface area contributed by atoms with E-state index in [4.69, 9.17) is 10.5 Å². The largest absolute Gasteiger partial charge is 0.390 e. The van der Waals surface area contributed by atoms with Gasteiger partial charge in [0.25, 0.3) is 0 Å². The summed E-state index contributed by atoms with van der Waals surface area (Å²) in [6.45, 7) is 3.07. The Bertz CT molecular complexity index is 797. The third kappa shape index (κ3) is 5.54. The molecule has 3 atom stereocenters. The first kappa shape index (κ1) is 21.3. The monoisotopic (exact) mass is 405 g/mol. The van der Waals surface area contributed by atoms with Gasteiger partial charge in [0.1, 0.15) is 24.2 Å². The first-order chi connectivity index (χ1) is 14.1. The van der Waals surface area contributed by atoms with Crippen molar-refractivity contribution in [2.45, 2.75) is 70.3 Å². The molecule has 0 bridgehead atoms. The number of nitrogens with zero attached hydrogens (tertiary/aromatic N) is 4. The van der Waals surface area contributed by atoms with Gasteiger partial charge in [-0.1, -0.05) is 39.0 Å². The van der Waals surface area contributed by atoms with E-state index in [0.29, 0.717) is 29.9 Å². The van der Waals surface area contributed by atoms with E-state index >= 15 is 0 Å². The molecule has 10 nitrogen and oxygen atoms in total. The number of aliphatic hydroxyl groups is 1. The quantitative estimate of drug-likeness (QED) is 0.441. The predicted octanol–water partition coefficient (Wildman–Crippen LogP) is 1.72. The summed E-state index contributed by atoms with van der Waals surface area (Å²) in [5.74, 6) is 0.299. The summed E-state index contributed by atoms with van der Waals surface area (Å²) in [6.07, 6.45) is 8.76. The van der Waals surface area contributed by atoms with Crippen molar-refractivity contribution in [2.24, 2.45) is 0 Å². The number of fused-ring (bicyclic) bond motifs is 1. The highest BCUT2D eigenvalue weighted by Crippen LogP contribution is 2.31. The average Bonchev–Trinajstić information content (AvgIpc) is 3.30. The molecule has 1 aliphatic heterocycles. The predicted molar refractivity (Wildman–Crippen MR) is 109 cm³/mol. The third-order valence-electron chi connectivity index (χ3n) is 5.18. The van der Waals surface area contributed by atoms with Crippen LogP contribution in [0.5, 0.6) is 0 Å². The van der Waals surface area contributed by atoms with Gasteiger partial charge >= 0.3 is 6.03 Å². The number of ether oxygens (including phenoxy) is 1. The van der Waals surface area contributed by atoms with Gasteiger partial charge in [-0.3, -0.25) is 4.57 Å². The van der Waals surface area contributed by atoms with Crippen LogP contribution in [0.1, 0.15) is 58.1 Å². The van der Waals surface area contributed by atoms with E-state index in [-0.39, 0.29) is 12.6 Å². The van der Waals surface area contributed by atoms with Crippen LogP contribution >= 0.6 is 0 Å². The second-order valence-electron chi connectivity index (χ2n) is 7.42. The number of aliphatic hydroxyl groups excluding tert-OH is 1. The Kier molecular flexibility index (Phi) is 7.59. The van der Waals surface area contributed by atoms with Crippen LogP contribution in [0, 0.1) is 0 Å². The molecule has 1 fully saturated rings. The zero-order chi connectivity index (χ0) is 20.6. The summed E-state index contributed by atoms with van der Waals surface area (Å²) in [6, 6.07) is -0.244. The summed E-state index contributed by atoms with van der Waals surface area (Å²) >= 11 is 0. The SMILES string of the molecule is CCCCCCCCNC(=O)NC[C@H]1O[C@@H](n2cnc3c(N)ncnc32)CC1O. The van der Waals surface area contributed by atoms with E-state index in [1.165, 1.54) is 32.0 Å². The number of carbonyl (C=O) groups excluding carboxylic acids is 1. The van der Waals surface area contributed by atoms with E-state index in [9.17, 15) is 9.90 Å². The number of rotatable bonds is 10. The molecule has 3 rings (SSSR count). The maximum absolute atomic E-state index is 12.0. The molecular weight excluding hydrogens is 374 g/mol. The Hall–Kier alpha value is -2.46. The molecule has 0 aromatic carbocycles. The number of hydrogen-bond acceptors (Lipinski definition) is 7. The number of amides is 2. The van der Waals surface area contributed by atoms with Gasteiger partial charge < -0.3 is 26.2 Å². The van der Waals surface area contributed by atoms with Crippen LogP contribution in [-0.2, 0) is 4.74 Å². The minimum Gasteiger partial charge on any atom is -0.390 e. The highest BCUT2D eigenvalue weighted by atomic mass is 16.5. The topological polar surface area (TPSA) is 140 Å². The smallest absolute Gasteiger partial charge is 0.314 e. The number of nitrogens with two attached hydrogens (primary N) is 1. The number of anilines is 1. The number of urea groups is 1. The molecule has 0 radical (unpaired) electrons. The number of hydrogen-bond donors (Lipinski definition) is 4. The van der Waals surface area contributed by atoms with Crippen molar-refractivity contribution in [3.63, 3.8) is 0 Å². The third-order valence-corrected chi connectivity index (χ3v) is 5.18. The maximum atomic E-state index is 12.0. The minimum absolute atomic E-state index is 0.226. The molecule has 1 aliphatic rings. The minimum atomic E-state index is -0.699. The van der Waals surface area contributed by atoms with E-state index < -0.39 is 18.4 Å². The fraction of sp³-hybridized carbons (Fsp3) is 0.684. The lowest BCUT2D eigenvalue weighted by Gasteiger charge is -2.16. The molecule has 0 aliphatic carbocycles. The summed E-state index contributed by atoms with van der Waals surface area (Å²) in [7, 11) is 0. The van der Waals surface area contributed by atoms with E-state index in [0.717, 1.165) is 12.8 Å². The zero-order valence-corrected chi connectivity index (χ0v) is 16.9. The van der Waals surface area contributed by atoms with Crippen molar-refractivity contribution in [1.82, 2.24) is 30.2 Å². The van der Waals surface area contributed by atoms with Gasteiger partial charge in [0, 0.05) is 19.5 Å². The lowest BCUT2D eigenvalue weighted by atomic mass is 10.1. The maximum Gasteiger partial charge on any atom is 0.314 e. The number of unbranched alkanes of at least 4 members (excludes halogenated alkanes) is 5. The second kappa shape index (κ2) is 10.4. The molecule has 2 amide bonds. The van der Waals surface area contributed by atoms with Gasteiger partial charge in [-0.25, -0.2) is 19.7 Å². The summed E-state index contributed by atoms with van der Waals surface area (Å²) in [5, 5.41) is 15.9. The average molecular weight is 406 g/mol. The number of imidazole rings is 1. The first-order valence-corrected chi connectivity index (χ1v) is 10.4. The van der Waals surface area contributed by atoms with Gasteiger partial charge in [0.15, 0.2) is 11.5 Å². The molecule has 2 aromatic rings. The van der Waals surface area contributed by atoms with Crippen LogP contribution in [0.25, 0.3) is 11.2 Å². The van der Waals surface area contributed by atoms with Crippen LogP contribution in [-0.4, -0.2) is 56.0 Å². The lowest BCUT2D eigenvalue weighted by molar-refractivity contribution is -0.0144. The molecule has 2 aromatic heterocycles. The van der Waals surface area contributed by atoms with Crippen LogP contribution in [0.2, 0.25) is 0 Å². The molecule has 160 valence electrons. The van der Waals surface area contributed by atoms with Crippen LogP contribution in [0.15, 0.2) is 12.7 Å². The van der Waals surface area contributed by atoms with Crippen molar-refractivity contribution in [1.29, 1.82) is 0 Å². The summed E-state index contributed by atoms with van der Waals surface area (Å²) in [4.78, 5) is 24.3. The lowest BCUT2D eigenvalue weighted by Crippen LogP contribution is -2.42. The van der Waals surface area contributed by atoms with Gasteiger partial charge in [-0.05, 0) is 6.42 Å². The van der Waals surface area contributed by atoms with Crippen LogP contribution < -0.4 is 16.4 Å². The van der Waals surface area contributed by atoms with Crippen molar-refractivity contribution < 1.29 is 14.6 Å². The van der Waals surface area contributed by atoms with Crippen molar-refractivity contribution in [3.05, 3.63) is 12.7 Å². The van der Waals surface area contributed by atoms with Gasteiger partial charge in [-0.2, -0.15) is 0 Å². The fourth-order valence-electron chi connectivity index (χ4n) is 3.51. The van der Waals surface area contributed by atoms with Crippen LogP contribution in [0.4, 0.5) is 10.6 Å². The van der Waals surface area contributed by atoms with Crippen molar-refractivity contribution in [3.8, 4) is 0 Å². The molecule has 1 unspecified atom stereocenters. The Morgan fingerprint density at radius 3 is 2.86 bits per heavy atom. The summed E-state index contributed by atoms with van der Waals surface area (Å²) in [5.41, 5.74) is 6.87. The normalized spacial score (nSPS) is 21.5. The van der Waals surface area contributed by atoms with E-state index in [2.05, 4.69) is 32.5 Å². The van der Waals surface area contributed by atoms with E-state index in [1.807, 2.05) is 0 Å². The number of carbonyl (C=O) groups is 1. The van der Waals surface area contributed by atoms with Gasteiger partial charge in [0.2, 0.25) is 0 Å². The molecule has 3 heterocycles. The van der Waals surface area contributed by atoms with Gasteiger partial charge in [0.05, 0.1) is 12.4 Å². The Labute approximate surface area is 170 Å². The summed E-state index contributed by atoms with van der Waals surface area (Å²) < 4.78 is 7.66. The number of nitrogen functional groups attached to an aromatic ring is 1. The molecule has 5 N–H and O–H groups in total. The van der Waals surface area contributed by atoms with E-state index in [1.54, 1.807) is 10.9 Å². The Morgan fingerprint density at radius 1 is 1.24 bits per heavy atom. The van der Waals surface area contributed by atoms with Gasteiger partial charge in [-0.15, -0.1) is 0 Å². The second-order valence-corrected chi connectivity index (χ2v) is 7.42. The molecular formula is C19H31N7O3. The number of aromatic nitrogens is 4. The Morgan fingerprint density at radius 2 is 2.03 bits per heavy atom. The zero-order valence-electron chi connectivity index (χ0n) is 16.9. The Balaban J connectivity index is 1.41. The highest BCUT2D eigenvalue weighted by molar-refractivity contribution is 5.81.